The third-order valence-corrected chi connectivity index (χ3v) is 2.54. The first-order valence-corrected chi connectivity index (χ1v) is 5.59. The van der Waals surface area contributed by atoms with E-state index in [1.165, 1.54) is 17.7 Å². The zero-order chi connectivity index (χ0) is 12.3. The predicted octanol–water partition coefficient (Wildman–Crippen LogP) is 3.71. The number of hydrogen-bond donors (Lipinski definition) is 2. The predicted molar refractivity (Wildman–Crippen MR) is 69.9 cm³/mol. The molecule has 0 fully saturated rings. The third kappa shape index (κ3) is 2.97. The summed E-state index contributed by atoms with van der Waals surface area (Å²) in [5.74, 6) is -0.334. The van der Waals surface area contributed by atoms with Gasteiger partial charge in [0.15, 0.2) is 0 Å². The van der Waals surface area contributed by atoms with Crippen LogP contribution in [0.3, 0.4) is 0 Å². The largest absolute Gasteiger partial charge is 0.399 e. The molecule has 2 rings (SSSR count). The van der Waals surface area contributed by atoms with Crippen LogP contribution in [0.25, 0.3) is 0 Å². The first-order valence-electron chi connectivity index (χ1n) is 5.59. The second-order valence-corrected chi connectivity index (χ2v) is 3.95. The summed E-state index contributed by atoms with van der Waals surface area (Å²) >= 11 is 0. The molecule has 0 saturated heterocycles. The molecule has 0 aliphatic carbocycles. The Morgan fingerprint density at radius 1 is 1.12 bits per heavy atom. The Morgan fingerprint density at radius 3 is 2.65 bits per heavy atom. The molecule has 88 valence electrons. The fourth-order valence-corrected chi connectivity index (χ4v) is 1.72. The van der Waals surface area contributed by atoms with Crippen molar-refractivity contribution in [3.8, 4) is 0 Å². The van der Waals surface area contributed by atoms with Crippen molar-refractivity contribution in [1.82, 2.24) is 0 Å². The van der Waals surface area contributed by atoms with Crippen molar-refractivity contribution in [2.24, 2.45) is 0 Å². The maximum atomic E-state index is 13.2. The van der Waals surface area contributed by atoms with Gasteiger partial charge in [-0.15, -0.1) is 0 Å². The van der Waals surface area contributed by atoms with Gasteiger partial charge in [-0.2, -0.15) is 0 Å². The normalized spacial score (nSPS) is 10.2. The van der Waals surface area contributed by atoms with Gasteiger partial charge in [0.1, 0.15) is 5.82 Å². The molecule has 0 amide bonds. The Balaban J connectivity index is 2.24. The Bertz CT molecular complexity index is 503. The summed E-state index contributed by atoms with van der Waals surface area (Å²) in [4.78, 5) is 0. The van der Waals surface area contributed by atoms with Crippen molar-refractivity contribution in [3.63, 3.8) is 0 Å². The van der Waals surface area contributed by atoms with Crippen LogP contribution in [0.4, 0.5) is 21.5 Å². The highest BCUT2D eigenvalue weighted by atomic mass is 19.1. The zero-order valence-corrected chi connectivity index (χ0v) is 9.70. The fraction of sp³-hybridized carbons (Fsp3) is 0.143. The minimum Gasteiger partial charge on any atom is -0.399 e. The topological polar surface area (TPSA) is 38.0 Å². The van der Waals surface area contributed by atoms with Crippen molar-refractivity contribution in [2.45, 2.75) is 13.3 Å². The van der Waals surface area contributed by atoms with E-state index < -0.39 is 0 Å². The number of rotatable bonds is 3. The molecule has 0 aliphatic heterocycles. The highest BCUT2D eigenvalue weighted by Gasteiger charge is 2.00. The minimum atomic E-state index is -0.334. The van der Waals surface area contributed by atoms with Crippen LogP contribution in [-0.4, -0.2) is 0 Å². The van der Waals surface area contributed by atoms with Gasteiger partial charge in [0.05, 0.1) is 0 Å². The summed E-state index contributed by atoms with van der Waals surface area (Å²) in [7, 11) is 0. The van der Waals surface area contributed by atoms with Gasteiger partial charge in [-0.25, -0.2) is 4.39 Å². The minimum absolute atomic E-state index is 0.334. The van der Waals surface area contributed by atoms with Crippen molar-refractivity contribution >= 4 is 17.1 Å². The number of nitrogens with two attached hydrogens (primary N) is 1. The summed E-state index contributed by atoms with van der Waals surface area (Å²) in [5, 5.41) is 3.14. The Kier molecular flexibility index (Phi) is 3.28. The monoisotopic (exact) mass is 230 g/mol. The van der Waals surface area contributed by atoms with E-state index >= 15 is 0 Å². The van der Waals surface area contributed by atoms with Gasteiger partial charge in [0.2, 0.25) is 0 Å². The summed E-state index contributed by atoms with van der Waals surface area (Å²) in [6.45, 7) is 2.10. The van der Waals surface area contributed by atoms with Crippen LogP contribution in [-0.2, 0) is 6.42 Å². The van der Waals surface area contributed by atoms with E-state index in [9.17, 15) is 4.39 Å². The summed E-state index contributed by atoms with van der Waals surface area (Å²) in [5.41, 5.74) is 8.84. The number of aryl methyl sites for hydroxylation is 1. The lowest BCUT2D eigenvalue weighted by Crippen LogP contribution is -1.94. The second kappa shape index (κ2) is 4.87. The molecule has 17 heavy (non-hydrogen) atoms. The van der Waals surface area contributed by atoms with E-state index in [1.54, 1.807) is 6.07 Å². The van der Waals surface area contributed by atoms with Crippen molar-refractivity contribution in [3.05, 3.63) is 53.8 Å². The zero-order valence-electron chi connectivity index (χ0n) is 9.70. The smallest absolute Gasteiger partial charge is 0.127 e. The highest BCUT2D eigenvalue weighted by Crippen LogP contribution is 2.21. The molecule has 0 radical (unpaired) electrons. The number of anilines is 3. The second-order valence-electron chi connectivity index (χ2n) is 3.95. The van der Waals surface area contributed by atoms with Crippen LogP contribution >= 0.6 is 0 Å². The molecule has 0 heterocycles. The lowest BCUT2D eigenvalue weighted by molar-refractivity contribution is 0.629. The molecule has 3 N–H and O–H groups in total. The molecule has 0 aliphatic rings. The van der Waals surface area contributed by atoms with Crippen LogP contribution in [0.1, 0.15) is 12.5 Å². The molecule has 0 spiro atoms. The summed E-state index contributed by atoms with van der Waals surface area (Å²) in [6.07, 6.45) is 0.973. The van der Waals surface area contributed by atoms with Crippen molar-refractivity contribution < 1.29 is 4.39 Å². The van der Waals surface area contributed by atoms with Gasteiger partial charge in [-0.1, -0.05) is 19.1 Å². The molecule has 0 bridgehead atoms. The van der Waals surface area contributed by atoms with Crippen molar-refractivity contribution in [1.29, 1.82) is 0 Å². The van der Waals surface area contributed by atoms with Gasteiger partial charge in [0.25, 0.3) is 0 Å². The number of benzene rings is 2. The Hall–Kier alpha value is -2.03. The van der Waals surface area contributed by atoms with Crippen LogP contribution < -0.4 is 11.1 Å². The number of nitrogens with one attached hydrogen (secondary N) is 1. The Labute approximate surface area is 100 Å². The standard InChI is InChI=1S/C14H15FN2/c1-2-10-4-3-5-13(6-10)17-14-8-11(15)7-12(16)9-14/h3-9,17H,2,16H2,1H3. The molecular formula is C14H15FN2. The van der Waals surface area contributed by atoms with Gasteiger partial charge in [-0.3, -0.25) is 0 Å². The molecule has 2 nitrogen and oxygen atoms in total. The average Bonchev–Trinajstić information content (AvgIpc) is 2.28. The molecular weight excluding hydrogens is 215 g/mol. The first-order chi connectivity index (χ1) is 8.17. The van der Waals surface area contributed by atoms with Gasteiger partial charge >= 0.3 is 0 Å². The molecule has 2 aromatic rings. The number of nitrogen functional groups attached to an aromatic ring is 1. The van der Waals surface area contributed by atoms with E-state index in [4.69, 9.17) is 5.73 Å². The van der Waals surface area contributed by atoms with E-state index in [2.05, 4.69) is 18.3 Å². The SMILES string of the molecule is CCc1cccc(Nc2cc(N)cc(F)c2)c1. The van der Waals surface area contributed by atoms with E-state index in [1.807, 2.05) is 18.2 Å². The average molecular weight is 230 g/mol. The third-order valence-electron chi connectivity index (χ3n) is 2.54. The molecule has 0 saturated carbocycles. The van der Waals surface area contributed by atoms with E-state index in [0.29, 0.717) is 11.4 Å². The Morgan fingerprint density at radius 2 is 1.94 bits per heavy atom. The first kappa shape index (κ1) is 11.5. The lowest BCUT2D eigenvalue weighted by atomic mass is 10.1. The van der Waals surface area contributed by atoms with Gasteiger partial charge < -0.3 is 11.1 Å². The molecule has 0 atom stereocenters. The van der Waals surface area contributed by atoms with E-state index in [0.717, 1.165) is 12.1 Å². The maximum Gasteiger partial charge on any atom is 0.127 e. The van der Waals surface area contributed by atoms with Gasteiger partial charge in [-0.05, 0) is 42.3 Å². The van der Waals surface area contributed by atoms with E-state index in [-0.39, 0.29) is 5.82 Å². The number of halogens is 1. The van der Waals surface area contributed by atoms with Crippen molar-refractivity contribution in [2.75, 3.05) is 11.1 Å². The summed E-state index contributed by atoms with van der Waals surface area (Å²) in [6, 6.07) is 12.5. The maximum absolute atomic E-state index is 13.2. The summed E-state index contributed by atoms with van der Waals surface area (Å²) < 4.78 is 13.2. The fourth-order valence-electron chi connectivity index (χ4n) is 1.72. The molecule has 2 aromatic carbocycles. The van der Waals surface area contributed by atoms with Crippen LogP contribution in [0.2, 0.25) is 0 Å². The van der Waals surface area contributed by atoms with Gasteiger partial charge in [0, 0.05) is 17.1 Å². The number of hydrogen-bond acceptors (Lipinski definition) is 2. The quantitative estimate of drug-likeness (QED) is 0.789. The molecule has 0 aromatic heterocycles. The van der Waals surface area contributed by atoms with Crippen LogP contribution in [0.15, 0.2) is 42.5 Å². The van der Waals surface area contributed by atoms with Crippen LogP contribution in [0.5, 0.6) is 0 Å². The molecule has 3 heteroatoms. The van der Waals surface area contributed by atoms with Crippen LogP contribution in [0, 0.1) is 5.82 Å². The molecule has 0 unspecified atom stereocenters. The highest BCUT2D eigenvalue weighted by molar-refractivity contribution is 5.64. The lowest BCUT2D eigenvalue weighted by Gasteiger charge is -2.08.